The first kappa shape index (κ1) is 14.6. The van der Waals surface area contributed by atoms with Crippen molar-refractivity contribution in [3.63, 3.8) is 0 Å². The number of rotatable bonds is 3. The van der Waals surface area contributed by atoms with Crippen LogP contribution in [0.15, 0.2) is 22.7 Å². The highest BCUT2D eigenvalue weighted by Gasteiger charge is 2.12. The van der Waals surface area contributed by atoms with Crippen molar-refractivity contribution in [1.29, 1.82) is 0 Å². The molecule has 0 aliphatic rings. The van der Waals surface area contributed by atoms with E-state index in [2.05, 4.69) is 25.9 Å². The average Bonchev–Trinajstić information content (AvgIpc) is 2.38. The van der Waals surface area contributed by atoms with Crippen LogP contribution in [0.1, 0.15) is 18.3 Å². The van der Waals surface area contributed by atoms with Crippen molar-refractivity contribution in [2.24, 2.45) is 0 Å². The van der Waals surface area contributed by atoms with Crippen LogP contribution in [0, 0.1) is 6.92 Å². The monoisotopic (exact) mass is 360 g/mol. The number of nitrogens with zero attached hydrogens (tertiary/aromatic N) is 2. The van der Waals surface area contributed by atoms with E-state index < -0.39 is 0 Å². The minimum Gasteiger partial charge on any atom is -0.437 e. The molecule has 0 radical (unpaired) electrons. The Morgan fingerprint density at radius 1 is 1.26 bits per heavy atom. The van der Waals surface area contributed by atoms with Crippen LogP contribution < -0.4 is 4.74 Å². The maximum atomic E-state index is 6.09. The summed E-state index contributed by atoms with van der Waals surface area (Å²) in [4.78, 5) is 8.49. The number of aromatic nitrogens is 2. The van der Waals surface area contributed by atoms with Crippen molar-refractivity contribution in [3.05, 3.63) is 44.2 Å². The quantitative estimate of drug-likeness (QED) is 0.704. The van der Waals surface area contributed by atoms with E-state index in [-0.39, 0.29) is 0 Å². The number of hydrogen-bond donors (Lipinski definition) is 0. The zero-order chi connectivity index (χ0) is 14.0. The Morgan fingerprint density at radius 3 is 2.68 bits per heavy atom. The van der Waals surface area contributed by atoms with Crippen LogP contribution in [-0.4, -0.2) is 9.97 Å². The van der Waals surface area contributed by atoms with Gasteiger partial charge in [0, 0.05) is 16.5 Å². The number of hydrogen-bond acceptors (Lipinski definition) is 3. The van der Waals surface area contributed by atoms with Gasteiger partial charge in [-0.2, -0.15) is 4.98 Å². The van der Waals surface area contributed by atoms with Crippen molar-refractivity contribution in [1.82, 2.24) is 9.97 Å². The maximum absolute atomic E-state index is 6.09. The van der Waals surface area contributed by atoms with E-state index in [0.717, 1.165) is 4.47 Å². The van der Waals surface area contributed by atoms with E-state index in [4.69, 9.17) is 27.9 Å². The fourth-order valence-electron chi connectivity index (χ4n) is 1.43. The van der Waals surface area contributed by atoms with Gasteiger partial charge >= 0.3 is 0 Å². The molecule has 19 heavy (non-hydrogen) atoms. The summed E-state index contributed by atoms with van der Waals surface area (Å²) in [7, 11) is 0. The van der Waals surface area contributed by atoms with Gasteiger partial charge in [-0.15, -0.1) is 0 Å². The van der Waals surface area contributed by atoms with E-state index in [1.807, 2.05) is 19.9 Å². The summed E-state index contributed by atoms with van der Waals surface area (Å²) in [6.45, 7) is 3.76. The molecule has 1 heterocycles. The highest BCUT2D eigenvalue weighted by atomic mass is 79.9. The van der Waals surface area contributed by atoms with Gasteiger partial charge in [-0.05, 0) is 25.1 Å². The third-order valence-electron chi connectivity index (χ3n) is 2.50. The summed E-state index contributed by atoms with van der Waals surface area (Å²) >= 11 is 15.5. The number of benzene rings is 1. The maximum Gasteiger partial charge on any atom is 0.227 e. The Hall–Kier alpha value is -0.840. The van der Waals surface area contributed by atoms with E-state index >= 15 is 0 Å². The fourth-order valence-corrected chi connectivity index (χ4v) is 2.10. The van der Waals surface area contributed by atoms with Crippen LogP contribution in [0.25, 0.3) is 0 Å². The molecule has 2 rings (SSSR count). The number of aryl methyl sites for hydroxylation is 1. The molecule has 0 amide bonds. The molecule has 0 aliphatic heterocycles. The van der Waals surface area contributed by atoms with Gasteiger partial charge in [-0.25, -0.2) is 4.98 Å². The lowest BCUT2D eigenvalue weighted by atomic mass is 10.3. The van der Waals surface area contributed by atoms with Crippen LogP contribution in [0.4, 0.5) is 0 Å². The predicted molar refractivity (Wildman–Crippen MR) is 80.4 cm³/mol. The molecule has 0 N–H and O–H groups in total. The minimum absolute atomic E-state index is 0.396. The van der Waals surface area contributed by atoms with Crippen molar-refractivity contribution in [2.45, 2.75) is 20.3 Å². The Balaban J connectivity index is 2.42. The molecule has 3 nitrogen and oxygen atoms in total. The molecule has 0 fully saturated rings. The Morgan fingerprint density at radius 2 is 2.00 bits per heavy atom. The topological polar surface area (TPSA) is 35.0 Å². The highest BCUT2D eigenvalue weighted by Crippen LogP contribution is 2.33. The summed E-state index contributed by atoms with van der Waals surface area (Å²) in [6, 6.07) is 5.37. The molecule has 0 unspecified atom stereocenters. The summed E-state index contributed by atoms with van der Waals surface area (Å²) in [5.41, 5.74) is 0.690. The summed E-state index contributed by atoms with van der Waals surface area (Å²) < 4.78 is 6.62. The summed E-state index contributed by atoms with van der Waals surface area (Å²) in [5, 5.41) is 0.906. The first-order chi connectivity index (χ1) is 9.01. The second-order valence-electron chi connectivity index (χ2n) is 3.89. The van der Waals surface area contributed by atoms with Crippen LogP contribution in [0.3, 0.4) is 0 Å². The molecule has 0 bridgehead atoms. The van der Waals surface area contributed by atoms with Gasteiger partial charge < -0.3 is 4.74 Å². The van der Waals surface area contributed by atoms with E-state index in [1.54, 1.807) is 12.1 Å². The van der Waals surface area contributed by atoms with Crippen LogP contribution >= 0.6 is 39.1 Å². The third kappa shape index (κ3) is 3.38. The lowest BCUT2D eigenvalue weighted by Gasteiger charge is -2.11. The smallest absolute Gasteiger partial charge is 0.227 e. The number of ether oxygens (including phenoxy) is 1. The van der Waals surface area contributed by atoms with Crippen LogP contribution in [-0.2, 0) is 6.42 Å². The van der Waals surface area contributed by atoms with E-state index in [9.17, 15) is 0 Å². The first-order valence-electron chi connectivity index (χ1n) is 5.67. The second kappa shape index (κ2) is 6.07. The fraction of sp³-hybridized carbons (Fsp3) is 0.231. The molecule has 100 valence electrons. The molecule has 0 saturated heterocycles. The number of halogens is 3. The largest absolute Gasteiger partial charge is 0.437 e. The summed E-state index contributed by atoms with van der Waals surface area (Å²) in [6.07, 6.45) is 0.683. The zero-order valence-electron chi connectivity index (χ0n) is 10.4. The molecule has 0 aliphatic carbocycles. The molecule has 6 heteroatoms. The molecule has 1 aromatic heterocycles. The van der Waals surface area contributed by atoms with Gasteiger partial charge in [0.25, 0.3) is 0 Å². The molecular formula is C13H11BrCl2N2O. The van der Waals surface area contributed by atoms with Crippen molar-refractivity contribution >= 4 is 39.1 Å². The minimum atomic E-state index is 0.396. The molecule has 0 saturated carbocycles. The second-order valence-corrected chi connectivity index (χ2v) is 5.57. The van der Waals surface area contributed by atoms with Crippen molar-refractivity contribution in [2.75, 3.05) is 0 Å². The normalized spacial score (nSPS) is 10.6. The highest BCUT2D eigenvalue weighted by molar-refractivity contribution is 9.10. The predicted octanol–water partition coefficient (Wildman–Crippen LogP) is 5.21. The molecular weight excluding hydrogens is 351 g/mol. The SMILES string of the molecule is CCc1nc(Cl)c(C)c(Oc2cc(Br)ccc2Cl)n1. The third-order valence-corrected chi connectivity index (χ3v) is 3.68. The Labute approximate surface area is 130 Å². The average molecular weight is 362 g/mol. The van der Waals surface area contributed by atoms with E-state index in [1.165, 1.54) is 0 Å². The standard InChI is InChI=1S/C13H11BrCl2N2O/c1-3-11-17-12(16)7(2)13(18-11)19-10-6-8(14)4-5-9(10)15/h4-6H,3H2,1-2H3. The lowest BCUT2D eigenvalue weighted by Crippen LogP contribution is -2.00. The lowest BCUT2D eigenvalue weighted by molar-refractivity contribution is 0.454. The van der Waals surface area contributed by atoms with Gasteiger partial charge in [0.05, 0.1) is 5.02 Å². The summed E-state index contributed by atoms with van der Waals surface area (Å²) in [5.74, 6) is 1.59. The zero-order valence-corrected chi connectivity index (χ0v) is 13.5. The molecule has 0 spiro atoms. The van der Waals surface area contributed by atoms with E-state index in [0.29, 0.717) is 39.6 Å². The van der Waals surface area contributed by atoms with Gasteiger partial charge in [0.2, 0.25) is 5.88 Å². The van der Waals surface area contributed by atoms with Gasteiger partial charge in [0.1, 0.15) is 16.7 Å². The molecule has 2 aromatic rings. The van der Waals surface area contributed by atoms with Crippen LogP contribution in [0.5, 0.6) is 11.6 Å². The van der Waals surface area contributed by atoms with Crippen molar-refractivity contribution < 1.29 is 4.74 Å². The Kier molecular flexibility index (Phi) is 4.66. The molecule has 0 atom stereocenters. The van der Waals surface area contributed by atoms with Gasteiger partial charge in [-0.3, -0.25) is 0 Å². The first-order valence-corrected chi connectivity index (χ1v) is 7.22. The van der Waals surface area contributed by atoms with Crippen LogP contribution in [0.2, 0.25) is 10.2 Å². The van der Waals surface area contributed by atoms with Crippen molar-refractivity contribution in [3.8, 4) is 11.6 Å². The Bertz CT molecular complexity index is 620. The van der Waals surface area contributed by atoms with Gasteiger partial charge in [0.15, 0.2) is 0 Å². The molecule has 1 aromatic carbocycles. The van der Waals surface area contributed by atoms with Gasteiger partial charge in [-0.1, -0.05) is 46.1 Å².